The van der Waals surface area contributed by atoms with Crippen LogP contribution in [-0.4, -0.2) is 0 Å². The minimum absolute atomic E-state index is 0. The molecule has 0 aromatic heterocycles. The van der Waals surface area contributed by atoms with Crippen LogP contribution in [0, 0.1) is 0 Å². The zero-order valence-electron chi connectivity index (χ0n) is 8.12. The summed E-state index contributed by atoms with van der Waals surface area (Å²) in [4.78, 5) is 0. The molecule has 1 aliphatic rings. The summed E-state index contributed by atoms with van der Waals surface area (Å²) in [5.74, 6) is 0.781. The largest absolute Gasteiger partial charge is 1.00 e. The fourth-order valence-corrected chi connectivity index (χ4v) is 2.05. The van der Waals surface area contributed by atoms with E-state index in [2.05, 4.69) is 0 Å². The van der Waals surface area contributed by atoms with Crippen LogP contribution in [0.15, 0.2) is 24.3 Å². The van der Waals surface area contributed by atoms with E-state index in [0.29, 0.717) is 5.92 Å². The van der Waals surface area contributed by atoms with Gasteiger partial charge < -0.3 is 5.11 Å². The number of hydrogen-bond acceptors (Lipinski definition) is 1. The standard InChI is InChI=1S/C11H14O.Na/c12-11-8-4-3-7-10(11)9-5-1-2-6-9;/h3-4,7-9,12H,1-2,5-6H2;/q;+1/p-1. The van der Waals surface area contributed by atoms with E-state index >= 15 is 0 Å². The van der Waals surface area contributed by atoms with E-state index in [0.717, 1.165) is 5.56 Å². The minimum Gasteiger partial charge on any atom is -0.872 e. The van der Waals surface area contributed by atoms with Crippen LogP contribution >= 0.6 is 0 Å². The molecule has 1 nitrogen and oxygen atoms in total. The Morgan fingerprint density at radius 2 is 1.69 bits per heavy atom. The Kier molecular flexibility index (Phi) is 4.30. The van der Waals surface area contributed by atoms with Crippen LogP contribution in [0.3, 0.4) is 0 Å². The van der Waals surface area contributed by atoms with Gasteiger partial charge in [-0.2, -0.15) is 0 Å². The second kappa shape index (κ2) is 5.04. The molecule has 1 aromatic carbocycles. The van der Waals surface area contributed by atoms with Crippen LogP contribution in [0.1, 0.15) is 37.2 Å². The van der Waals surface area contributed by atoms with E-state index in [4.69, 9.17) is 0 Å². The molecule has 2 rings (SSSR count). The third-order valence-electron chi connectivity index (χ3n) is 2.71. The molecule has 1 aromatic rings. The SMILES string of the molecule is [Na+].[O-]c1ccccc1C1CCCC1. The Morgan fingerprint density at radius 3 is 2.31 bits per heavy atom. The van der Waals surface area contributed by atoms with E-state index in [1.165, 1.54) is 25.7 Å². The molecule has 0 unspecified atom stereocenters. The van der Waals surface area contributed by atoms with Crippen LogP contribution in [0.2, 0.25) is 0 Å². The van der Waals surface area contributed by atoms with Gasteiger partial charge in [0, 0.05) is 0 Å². The van der Waals surface area contributed by atoms with Crippen molar-refractivity contribution >= 4 is 0 Å². The summed E-state index contributed by atoms with van der Waals surface area (Å²) < 4.78 is 0. The van der Waals surface area contributed by atoms with E-state index in [-0.39, 0.29) is 35.3 Å². The molecule has 64 valence electrons. The normalized spacial score (nSPS) is 16.9. The summed E-state index contributed by atoms with van der Waals surface area (Å²) in [6.07, 6.45) is 5.00. The van der Waals surface area contributed by atoms with Crippen molar-refractivity contribution in [3.63, 3.8) is 0 Å². The molecule has 0 saturated heterocycles. The third kappa shape index (κ3) is 2.49. The second-order valence-corrected chi connectivity index (χ2v) is 3.52. The number of para-hydroxylation sites is 1. The monoisotopic (exact) mass is 184 g/mol. The summed E-state index contributed by atoms with van der Waals surface area (Å²) in [5, 5.41) is 11.4. The molecule has 1 aliphatic carbocycles. The molecule has 0 bridgehead atoms. The minimum atomic E-state index is 0. The van der Waals surface area contributed by atoms with Crippen molar-refractivity contribution in [3.8, 4) is 5.75 Å². The van der Waals surface area contributed by atoms with Gasteiger partial charge in [0.2, 0.25) is 0 Å². The van der Waals surface area contributed by atoms with Crippen molar-refractivity contribution in [2.75, 3.05) is 0 Å². The maximum Gasteiger partial charge on any atom is 1.00 e. The van der Waals surface area contributed by atoms with Gasteiger partial charge in [-0.15, -0.1) is 5.75 Å². The van der Waals surface area contributed by atoms with Gasteiger partial charge in [-0.1, -0.05) is 42.7 Å². The molecule has 0 radical (unpaired) electrons. The summed E-state index contributed by atoms with van der Waals surface area (Å²) in [5.41, 5.74) is 1.04. The van der Waals surface area contributed by atoms with E-state index in [9.17, 15) is 5.11 Å². The van der Waals surface area contributed by atoms with Crippen LogP contribution in [0.4, 0.5) is 0 Å². The molecule has 1 saturated carbocycles. The average Bonchev–Trinajstić information content (AvgIpc) is 2.57. The molecule has 2 heteroatoms. The number of rotatable bonds is 1. The van der Waals surface area contributed by atoms with Crippen molar-refractivity contribution in [1.82, 2.24) is 0 Å². The van der Waals surface area contributed by atoms with Crippen molar-refractivity contribution in [2.45, 2.75) is 31.6 Å². The van der Waals surface area contributed by atoms with Crippen molar-refractivity contribution in [3.05, 3.63) is 29.8 Å². The van der Waals surface area contributed by atoms with E-state index < -0.39 is 0 Å². The zero-order valence-corrected chi connectivity index (χ0v) is 10.1. The van der Waals surface area contributed by atoms with Gasteiger partial charge in [-0.3, -0.25) is 0 Å². The molecule has 13 heavy (non-hydrogen) atoms. The van der Waals surface area contributed by atoms with Crippen molar-refractivity contribution < 1.29 is 34.7 Å². The van der Waals surface area contributed by atoms with Gasteiger partial charge in [0.15, 0.2) is 0 Å². The fraction of sp³-hybridized carbons (Fsp3) is 0.455. The molecular formula is C11H13NaO. The topological polar surface area (TPSA) is 23.1 Å². The quantitative estimate of drug-likeness (QED) is 0.536. The first kappa shape index (κ1) is 11.1. The van der Waals surface area contributed by atoms with Gasteiger partial charge in [-0.25, -0.2) is 0 Å². The molecule has 0 aliphatic heterocycles. The zero-order chi connectivity index (χ0) is 8.39. The molecule has 0 N–H and O–H groups in total. The molecule has 0 spiro atoms. The summed E-state index contributed by atoms with van der Waals surface area (Å²) >= 11 is 0. The van der Waals surface area contributed by atoms with Crippen molar-refractivity contribution in [2.24, 2.45) is 0 Å². The maximum absolute atomic E-state index is 11.4. The Morgan fingerprint density at radius 1 is 1.08 bits per heavy atom. The summed E-state index contributed by atoms with van der Waals surface area (Å²) in [6.45, 7) is 0. The third-order valence-corrected chi connectivity index (χ3v) is 2.71. The van der Waals surface area contributed by atoms with Gasteiger partial charge >= 0.3 is 29.6 Å². The predicted molar refractivity (Wildman–Crippen MR) is 47.1 cm³/mol. The Balaban J connectivity index is 0.000000845. The van der Waals surface area contributed by atoms with E-state index in [1.807, 2.05) is 18.2 Å². The molecule has 1 fully saturated rings. The smallest absolute Gasteiger partial charge is 0.872 e. The molecule has 0 amide bonds. The maximum atomic E-state index is 11.4. The van der Waals surface area contributed by atoms with Gasteiger partial charge in [0.25, 0.3) is 0 Å². The van der Waals surface area contributed by atoms with Crippen LogP contribution in [-0.2, 0) is 0 Å². The van der Waals surface area contributed by atoms with Gasteiger partial charge in [-0.05, 0) is 18.8 Å². The average molecular weight is 184 g/mol. The number of hydrogen-bond donors (Lipinski definition) is 0. The van der Waals surface area contributed by atoms with Crippen LogP contribution in [0.25, 0.3) is 0 Å². The second-order valence-electron chi connectivity index (χ2n) is 3.52. The van der Waals surface area contributed by atoms with E-state index in [1.54, 1.807) is 6.07 Å². The van der Waals surface area contributed by atoms with Gasteiger partial charge in [0.1, 0.15) is 0 Å². The van der Waals surface area contributed by atoms with Crippen molar-refractivity contribution in [1.29, 1.82) is 0 Å². The predicted octanol–water partition coefficient (Wildman–Crippen LogP) is -0.578. The van der Waals surface area contributed by atoms with Crippen LogP contribution in [0.5, 0.6) is 5.75 Å². The number of benzene rings is 1. The Bertz CT molecular complexity index is 267. The first-order chi connectivity index (χ1) is 5.88. The molecule has 0 atom stereocenters. The Hall–Kier alpha value is 0.0200. The van der Waals surface area contributed by atoms with Crippen LogP contribution < -0.4 is 34.7 Å². The summed E-state index contributed by atoms with van der Waals surface area (Å²) in [7, 11) is 0. The molecule has 0 heterocycles. The first-order valence-electron chi connectivity index (χ1n) is 4.64. The first-order valence-corrected chi connectivity index (χ1v) is 4.64. The fourth-order valence-electron chi connectivity index (χ4n) is 2.05. The molecular weight excluding hydrogens is 171 g/mol. The summed E-state index contributed by atoms with van der Waals surface area (Å²) in [6, 6.07) is 7.45. The Labute approximate surface area is 101 Å². The van der Waals surface area contributed by atoms with Gasteiger partial charge in [0.05, 0.1) is 0 Å².